The summed E-state index contributed by atoms with van der Waals surface area (Å²) in [5.41, 5.74) is 1.88. The summed E-state index contributed by atoms with van der Waals surface area (Å²) >= 11 is 0. The number of hydrogen-bond donors (Lipinski definition) is 0. The Hall–Kier alpha value is -1.18. The Morgan fingerprint density at radius 1 is 1.17 bits per heavy atom. The monoisotopic (exact) mass is 165 g/mol. The molecule has 0 heterocycles. The third kappa shape index (κ3) is 1.37. The molecular weight excluding hydrogens is 152 g/mol. The van der Waals surface area contributed by atoms with E-state index in [0.717, 1.165) is 22.6 Å². The molecule has 0 spiro atoms. The Morgan fingerprint density at radius 2 is 1.83 bits per heavy atom. The number of hydrogen-bond acceptors (Lipinski definition) is 2. The van der Waals surface area contributed by atoms with Crippen LogP contribution in [0, 0.1) is 13.8 Å². The molecule has 0 aliphatic rings. The number of benzene rings is 1. The molecule has 0 N–H and O–H groups in total. The summed E-state index contributed by atoms with van der Waals surface area (Å²) in [4.78, 5) is 0. The molecule has 0 saturated heterocycles. The highest BCUT2D eigenvalue weighted by Gasteiger charge is 2.06. The maximum absolute atomic E-state index is 5.18. The molecule has 1 aromatic carbocycles. The Balaban J connectivity index is 3.24. The molecule has 2 heteroatoms. The Bertz CT molecular complexity index is 279. The molecular formula is C10H13O2. The SMILES string of the molecule is [CH2]c1ccc(OC)c(C)c1OC. The molecule has 0 saturated carbocycles. The zero-order valence-electron chi connectivity index (χ0n) is 7.68. The second-order valence-electron chi connectivity index (χ2n) is 2.59. The minimum Gasteiger partial charge on any atom is -0.496 e. The largest absolute Gasteiger partial charge is 0.496 e. The number of rotatable bonds is 2. The van der Waals surface area contributed by atoms with Crippen LogP contribution in [-0.4, -0.2) is 14.2 Å². The van der Waals surface area contributed by atoms with Crippen LogP contribution in [0.3, 0.4) is 0 Å². The van der Waals surface area contributed by atoms with Crippen LogP contribution < -0.4 is 9.47 Å². The van der Waals surface area contributed by atoms with E-state index in [0.29, 0.717) is 0 Å². The van der Waals surface area contributed by atoms with Gasteiger partial charge in [0, 0.05) is 5.56 Å². The summed E-state index contributed by atoms with van der Waals surface area (Å²) in [6.07, 6.45) is 0. The third-order valence-electron chi connectivity index (χ3n) is 1.86. The van der Waals surface area contributed by atoms with Gasteiger partial charge in [-0.15, -0.1) is 0 Å². The second kappa shape index (κ2) is 3.48. The number of ether oxygens (including phenoxy) is 2. The van der Waals surface area contributed by atoms with Crippen LogP contribution in [0.2, 0.25) is 0 Å². The fraction of sp³-hybridized carbons (Fsp3) is 0.300. The van der Waals surface area contributed by atoms with E-state index >= 15 is 0 Å². The summed E-state index contributed by atoms with van der Waals surface area (Å²) in [6.45, 7) is 5.80. The van der Waals surface area contributed by atoms with Crippen molar-refractivity contribution in [3.63, 3.8) is 0 Å². The van der Waals surface area contributed by atoms with Crippen molar-refractivity contribution >= 4 is 0 Å². The van der Waals surface area contributed by atoms with Crippen LogP contribution in [0.15, 0.2) is 12.1 Å². The van der Waals surface area contributed by atoms with Crippen molar-refractivity contribution in [3.05, 3.63) is 30.2 Å². The van der Waals surface area contributed by atoms with Crippen molar-refractivity contribution in [2.45, 2.75) is 6.92 Å². The lowest BCUT2D eigenvalue weighted by Crippen LogP contribution is -1.94. The smallest absolute Gasteiger partial charge is 0.128 e. The molecule has 0 atom stereocenters. The van der Waals surface area contributed by atoms with E-state index in [1.165, 1.54) is 0 Å². The lowest BCUT2D eigenvalue weighted by Gasteiger charge is -2.11. The maximum Gasteiger partial charge on any atom is 0.128 e. The van der Waals surface area contributed by atoms with Crippen molar-refractivity contribution in [1.29, 1.82) is 0 Å². The fourth-order valence-electron chi connectivity index (χ4n) is 1.24. The third-order valence-corrected chi connectivity index (χ3v) is 1.86. The van der Waals surface area contributed by atoms with Crippen LogP contribution in [-0.2, 0) is 0 Å². The predicted octanol–water partition coefficient (Wildman–Crippen LogP) is 2.19. The highest BCUT2D eigenvalue weighted by atomic mass is 16.5. The lowest BCUT2D eigenvalue weighted by molar-refractivity contribution is 0.387. The van der Waals surface area contributed by atoms with Gasteiger partial charge in [-0.1, -0.05) is 6.07 Å². The molecule has 0 bridgehead atoms. The Kier molecular flexibility index (Phi) is 2.58. The maximum atomic E-state index is 5.18. The van der Waals surface area contributed by atoms with E-state index in [-0.39, 0.29) is 0 Å². The Labute approximate surface area is 73.1 Å². The summed E-state index contributed by atoms with van der Waals surface area (Å²) < 4.78 is 10.3. The van der Waals surface area contributed by atoms with Gasteiger partial charge in [0.05, 0.1) is 14.2 Å². The van der Waals surface area contributed by atoms with Crippen LogP contribution in [0.4, 0.5) is 0 Å². The average molecular weight is 165 g/mol. The quantitative estimate of drug-likeness (QED) is 0.668. The molecule has 1 rings (SSSR count). The first-order chi connectivity index (χ1) is 5.70. The van der Waals surface area contributed by atoms with E-state index in [1.54, 1.807) is 14.2 Å². The molecule has 0 fully saturated rings. The molecule has 2 nitrogen and oxygen atoms in total. The van der Waals surface area contributed by atoms with Gasteiger partial charge in [0.1, 0.15) is 11.5 Å². The van der Waals surface area contributed by atoms with Crippen LogP contribution in [0.1, 0.15) is 11.1 Å². The van der Waals surface area contributed by atoms with Crippen LogP contribution >= 0.6 is 0 Å². The van der Waals surface area contributed by atoms with Gasteiger partial charge in [0.2, 0.25) is 0 Å². The topological polar surface area (TPSA) is 18.5 Å². The standard InChI is InChI=1S/C10H13O2/c1-7-5-6-9(11-3)8(2)10(7)12-4/h5-6H,1H2,2-4H3. The van der Waals surface area contributed by atoms with Gasteiger partial charge in [-0.25, -0.2) is 0 Å². The van der Waals surface area contributed by atoms with E-state index in [1.807, 2.05) is 19.1 Å². The zero-order chi connectivity index (χ0) is 9.14. The van der Waals surface area contributed by atoms with E-state index < -0.39 is 0 Å². The molecule has 0 amide bonds. The second-order valence-corrected chi connectivity index (χ2v) is 2.59. The van der Waals surface area contributed by atoms with Gasteiger partial charge in [0.25, 0.3) is 0 Å². The summed E-state index contributed by atoms with van der Waals surface area (Å²) in [5.74, 6) is 1.63. The zero-order valence-corrected chi connectivity index (χ0v) is 7.68. The average Bonchev–Trinajstić information content (AvgIpc) is 2.06. The highest BCUT2D eigenvalue weighted by molar-refractivity contribution is 5.50. The first-order valence-electron chi connectivity index (χ1n) is 3.74. The molecule has 0 unspecified atom stereocenters. The van der Waals surface area contributed by atoms with E-state index in [9.17, 15) is 0 Å². The fourth-order valence-corrected chi connectivity index (χ4v) is 1.24. The van der Waals surface area contributed by atoms with Gasteiger partial charge in [-0.05, 0) is 25.5 Å². The van der Waals surface area contributed by atoms with Crippen molar-refractivity contribution in [2.24, 2.45) is 0 Å². The van der Waals surface area contributed by atoms with Gasteiger partial charge in [-0.2, -0.15) is 0 Å². The number of methoxy groups -OCH3 is 2. The molecule has 0 aromatic heterocycles. The van der Waals surface area contributed by atoms with Gasteiger partial charge >= 0.3 is 0 Å². The Morgan fingerprint density at radius 3 is 2.33 bits per heavy atom. The molecule has 65 valence electrons. The van der Waals surface area contributed by atoms with E-state index in [2.05, 4.69) is 6.92 Å². The van der Waals surface area contributed by atoms with Crippen molar-refractivity contribution in [3.8, 4) is 11.5 Å². The molecule has 0 aliphatic heterocycles. The summed E-state index contributed by atoms with van der Waals surface area (Å²) in [7, 11) is 3.28. The lowest BCUT2D eigenvalue weighted by atomic mass is 10.1. The normalized spacial score (nSPS) is 9.67. The van der Waals surface area contributed by atoms with Crippen LogP contribution in [0.25, 0.3) is 0 Å². The minimum atomic E-state index is 0.800. The molecule has 1 radical (unpaired) electrons. The predicted molar refractivity (Wildman–Crippen MR) is 48.7 cm³/mol. The highest BCUT2D eigenvalue weighted by Crippen LogP contribution is 2.30. The van der Waals surface area contributed by atoms with Gasteiger partial charge in [0.15, 0.2) is 0 Å². The molecule has 0 aliphatic carbocycles. The summed E-state index contributed by atoms with van der Waals surface area (Å²) in [6, 6.07) is 3.77. The molecule has 1 aromatic rings. The minimum absolute atomic E-state index is 0.800. The van der Waals surface area contributed by atoms with Crippen LogP contribution in [0.5, 0.6) is 11.5 Å². The van der Waals surface area contributed by atoms with Crippen molar-refractivity contribution < 1.29 is 9.47 Å². The van der Waals surface area contributed by atoms with Gasteiger partial charge < -0.3 is 9.47 Å². The first-order valence-corrected chi connectivity index (χ1v) is 3.74. The van der Waals surface area contributed by atoms with Gasteiger partial charge in [-0.3, -0.25) is 0 Å². The van der Waals surface area contributed by atoms with Crippen molar-refractivity contribution in [2.75, 3.05) is 14.2 Å². The van der Waals surface area contributed by atoms with E-state index in [4.69, 9.17) is 9.47 Å². The first kappa shape index (κ1) is 8.91. The van der Waals surface area contributed by atoms with Crippen molar-refractivity contribution in [1.82, 2.24) is 0 Å². The molecule has 12 heavy (non-hydrogen) atoms. The summed E-state index contributed by atoms with van der Waals surface area (Å²) in [5, 5.41) is 0.